The molecule has 0 aliphatic rings. The quantitative estimate of drug-likeness (QED) is 0.552. The molecule has 0 amide bonds. The lowest BCUT2D eigenvalue weighted by atomic mass is 10.2. The normalized spacial score (nSPS) is 10.8. The predicted molar refractivity (Wildman–Crippen MR) is 83.6 cm³/mol. The molecule has 0 N–H and O–H groups in total. The predicted octanol–water partition coefficient (Wildman–Crippen LogP) is 5.95. The van der Waals surface area contributed by atoms with E-state index in [2.05, 4.69) is 32.4 Å². The Morgan fingerprint density at radius 2 is 1.94 bits per heavy atom. The van der Waals surface area contributed by atoms with Crippen LogP contribution in [0.4, 0.5) is 0 Å². The van der Waals surface area contributed by atoms with Gasteiger partial charge in [-0.25, -0.2) is 4.98 Å². The van der Waals surface area contributed by atoms with Crippen LogP contribution in [0, 0.1) is 0 Å². The highest BCUT2D eigenvalue weighted by molar-refractivity contribution is 9.10. The molecule has 0 unspecified atom stereocenters. The van der Waals surface area contributed by atoms with Crippen LogP contribution in [-0.4, -0.2) is 4.98 Å². The molecule has 2 aromatic heterocycles. The molecule has 0 spiro atoms. The van der Waals surface area contributed by atoms with Gasteiger partial charge in [-0.1, -0.05) is 45.7 Å². The highest BCUT2D eigenvalue weighted by Gasteiger charge is 2.10. The SMILES string of the molecule is Clc1cc(-c2csc(-c3ccccc3Br)n2)cs1. The zero-order valence-corrected chi connectivity index (χ0v) is 13.0. The fraction of sp³-hybridized carbons (Fsp3) is 0. The molecule has 90 valence electrons. The second-order valence-electron chi connectivity index (χ2n) is 3.66. The fourth-order valence-corrected chi connectivity index (χ4v) is 3.96. The van der Waals surface area contributed by atoms with Gasteiger partial charge in [0.05, 0.1) is 10.0 Å². The molecular weight excluding hydrogens is 350 g/mol. The van der Waals surface area contributed by atoms with Crippen LogP contribution in [0.2, 0.25) is 4.34 Å². The maximum Gasteiger partial charge on any atom is 0.125 e. The van der Waals surface area contributed by atoms with Gasteiger partial charge in [-0.3, -0.25) is 0 Å². The zero-order valence-electron chi connectivity index (χ0n) is 9.06. The van der Waals surface area contributed by atoms with E-state index in [1.54, 1.807) is 11.3 Å². The third-order valence-electron chi connectivity index (χ3n) is 2.47. The standard InChI is InChI=1S/C13H7BrClNS2/c14-10-4-2-1-3-9(10)13-16-11(7-18-13)8-5-12(15)17-6-8/h1-7H. The van der Waals surface area contributed by atoms with Crippen molar-refractivity contribution in [3.63, 3.8) is 0 Å². The summed E-state index contributed by atoms with van der Waals surface area (Å²) in [6, 6.07) is 10.1. The summed E-state index contributed by atoms with van der Waals surface area (Å²) in [5, 5.41) is 5.11. The molecule has 0 aliphatic heterocycles. The smallest absolute Gasteiger partial charge is 0.125 e. The summed E-state index contributed by atoms with van der Waals surface area (Å²) >= 11 is 12.7. The second kappa shape index (κ2) is 5.13. The van der Waals surface area contributed by atoms with Crippen LogP contribution in [0.25, 0.3) is 21.8 Å². The Kier molecular flexibility index (Phi) is 3.52. The van der Waals surface area contributed by atoms with Crippen LogP contribution >= 0.6 is 50.2 Å². The van der Waals surface area contributed by atoms with E-state index in [1.807, 2.05) is 29.6 Å². The van der Waals surface area contributed by atoms with Crippen molar-refractivity contribution in [2.24, 2.45) is 0 Å². The van der Waals surface area contributed by atoms with E-state index < -0.39 is 0 Å². The van der Waals surface area contributed by atoms with Crippen LogP contribution in [0.3, 0.4) is 0 Å². The molecule has 18 heavy (non-hydrogen) atoms. The zero-order chi connectivity index (χ0) is 12.5. The number of thiazole rings is 1. The lowest BCUT2D eigenvalue weighted by Gasteiger charge is -1.98. The van der Waals surface area contributed by atoms with E-state index in [0.717, 1.165) is 30.6 Å². The van der Waals surface area contributed by atoms with Crippen molar-refractivity contribution < 1.29 is 0 Å². The molecule has 1 nitrogen and oxygen atoms in total. The Morgan fingerprint density at radius 3 is 2.67 bits per heavy atom. The molecule has 0 atom stereocenters. The summed E-state index contributed by atoms with van der Waals surface area (Å²) in [4.78, 5) is 4.66. The first kappa shape index (κ1) is 12.4. The van der Waals surface area contributed by atoms with E-state index in [4.69, 9.17) is 11.6 Å². The van der Waals surface area contributed by atoms with Gasteiger partial charge in [0, 0.05) is 26.4 Å². The van der Waals surface area contributed by atoms with Crippen LogP contribution in [-0.2, 0) is 0 Å². The minimum atomic E-state index is 0.792. The molecule has 0 radical (unpaired) electrons. The van der Waals surface area contributed by atoms with Crippen molar-refractivity contribution in [2.75, 3.05) is 0 Å². The van der Waals surface area contributed by atoms with E-state index in [9.17, 15) is 0 Å². The van der Waals surface area contributed by atoms with Gasteiger partial charge in [0.2, 0.25) is 0 Å². The van der Waals surface area contributed by atoms with Crippen molar-refractivity contribution in [1.82, 2.24) is 4.98 Å². The first-order chi connectivity index (χ1) is 8.74. The Labute approximate surface area is 126 Å². The van der Waals surface area contributed by atoms with Crippen molar-refractivity contribution in [1.29, 1.82) is 0 Å². The van der Waals surface area contributed by atoms with E-state index in [0.29, 0.717) is 0 Å². The van der Waals surface area contributed by atoms with E-state index in [1.165, 1.54) is 11.3 Å². The maximum absolute atomic E-state index is 5.95. The van der Waals surface area contributed by atoms with Crippen molar-refractivity contribution in [3.05, 3.63) is 49.9 Å². The molecule has 1 aromatic carbocycles. The number of halogens is 2. The summed E-state index contributed by atoms with van der Waals surface area (Å²) in [5.74, 6) is 0. The number of hydrogen-bond donors (Lipinski definition) is 0. The van der Waals surface area contributed by atoms with Gasteiger partial charge in [-0.2, -0.15) is 0 Å². The molecule has 0 bridgehead atoms. The summed E-state index contributed by atoms with van der Waals surface area (Å²) in [6.45, 7) is 0. The lowest BCUT2D eigenvalue weighted by Crippen LogP contribution is -1.79. The molecule has 3 aromatic rings. The molecule has 2 heterocycles. The third kappa shape index (κ3) is 2.38. The van der Waals surface area contributed by atoms with Gasteiger partial charge in [-0.05, 0) is 12.1 Å². The molecule has 0 saturated heterocycles. The first-order valence-electron chi connectivity index (χ1n) is 5.19. The molecule has 0 saturated carbocycles. The van der Waals surface area contributed by atoms with Crippen molar-refractivity contribution >= 4 is 50.2 Å². The van der Waals surface area contributed by atoms with Gasteiger partial charge in [0.15, 0.2) is 0 Å². The van der Waals surface area contributed by atoms with Gasteiger partial charge in [0.25, 0.3) is 0 Å². The number of nitrogens with zero attached hydrogens (tertiary/aromatic N) is 1. The molecule has 0 aliphatic carbocycles. The second-order valence-corrected chi connectivity index (χ2v) is 6.91. The number of thiophene rings is 1. The lowest BCUT2D eigenvalue weighted by molar-refractivity contribution is 1.40. The summed E-state index contributed by atoms with van der Waals surface area (Å²) in [6.07, 6.45) is 0. The average molecular weight is 357 g/mol. The van der Waals surface area contributed by atoms with E-state index >= 15 is 0 Å². The van der Waals surface area contributed by atoms with E-state index in [-0.39, 0.29) is 0 Å². The number of hydrogen-bond acceptors (Lipinski definition) is 3. The average Bonchev–Trinajstić information content (AvgIpc) is 2.98. The minimum Gasteiger partial charge on any atom is -0.236 e. The minimum absolute atomic E-state index is 0.792. The molecule has 5 heteroatoms. The summed E-state index contributed by atoms with van der Waals surface area (Å²) in [7, 11) is 0. The van der Waals surface area contributed by atoms with Crippen LogP contribution in [0.1, 0.15) is 0 Å². The van der Waals surface area contributed by atoms with Crippen LogP contribution in [0.5, 0.6) is 0 Å². The van der Waals surface area contributed by atoms with Crippen LogP contribution in [0.15, 0.2) is 45.6 Å². The monoisotopic (exact) mass is 355 g/mol. The van der Waals surface area contributed by atoms with Gasteiger partial charge in [0.1, 0.15) is 5.01 Å². The molecule has 0 fully saturated rings. The molecular formula is C13H7BrClNS2. The Balaban J connectivity index is 2.02. The van der Waals surface area contributed by atoms with Crippen molar-refractivity contribution in [3.8, 4) is 21.8 Å². The summed E-state index contributed by atoms with van der Waals surface area (Å²) < 4.78 is 1.86. The number of benzene rings is 1. The Morgan fingerprint density at radius 1 is 1.11 bits per heavy atom. The molecule has 3 rings (SSSR count). The Hall–Kier alpha value is -0.680. The first-order valence-corrected chi connectivity index (χ1v) is 8.12. The summed E-state index contributed by atoms with van der Waals surface area (Å²) in [5.41, 5.74) is 3.18. The van der Waals surface area contributed by atoms with Crippen molar-refractivity contribution in [2.45, 2.75) is 0 Å². The largest absolute Gasteiger partial charge is 0.236 e. The van der Waals surface area contributed by atoms with Gasteiger partial charge < -0.3 is 0 Å². The topological polar surface area (TPSA) is 12.9 Å². The maximum atomic E-state index is 5.95. The van der Waals surface area contributed by atoms with Crippen LogP contribution < -0.4 is 0 Å². The third-order valence-corrected chi connectivity index (χ3v) is 5.13. The number of aromatic nitrogens is 1. The fourth-order valence-electron chi connectivity index (χ4n) is 1.61. The van der Waals surface area contributed by atoms with Gasteiger partial charge in [-0.15, -0.1) is 22.7 Å². The number of rotatable bonds is 2. The highest BCUT2D eigenvalue weighted by atomic mass is 79.9. The highest BCUT2D eigenvalue weighted by Crippen LogP contribution is 2.35. The Bertz CT molecular complexity index is 690. The van der Waals surface area contributed by atoms with Gasteiger partial charge >= 0.3 is 0 Å².